The molecule has 2 aromatic heterocycles. The summed E-state index contributed by atoms with van der Waals surface area (Å²) in [5.74, 6) is -0.569. The Morgan fingerprint density at radius 1 is 1.17 bits per heavy atom. The number of halogens is 1. The van der Waals surface area contributed by atoms with Crippen LogP contribution in [-0.4, -0.2) is 46.1 Å². The second-order valence-electron chi connectivity index (χ2n) is 6.60. The van der Waals surface area contributed by atoms with E-state index in [2.05, 4.69) is 34.5 Å². The van der Waals surface area contributed by atoms with E-state index in [1.54, 1.807) is 42.7 Å². The zero-order chi connectivity index (χ0) is 21.5. The highest BCUT2D eigenvalue weighted by Crippen LogP contribution is 2.25. The van der Waals surface area contributed by atoms with Crippen LogP contribution in [0.4, 0.5) is 11.4 Å². The largest absolute Gasteiger partial charge is 0.320 e. The summed E-state index contributed by atoms with van der Waals surface area (Å²) in [5.41, 5.74) is 1.38. The molecule has 2 heterocycles. The summed E-state index contributed by atoms with van der Waals surface area (Å²) in [5, 5.41) is 12.1. The summed E-state index contributed by atoms with van der Waals surface area (Å²) < 4.78 is 1.81. The van der Waals surface area contributed by atoms with Gasteiger partial charge in [-0.25, -0.2) is 0 Å². The average molecular weight is 446 g/mol. The lowest BCUT2D eigenvalue weighted by atomic mass is 10.2. The lowest BCUT2D eigenvalue weighted by Crippen LogP contribution is -2.27. The number of nitrogens with one attached hydrogen (secondary N) is 2. The number of likely N-dealkylation sites (N-methyl/N-ethyl adjacent to an activating group) is 1. The second kappa shape index (κ2) is 10.4. The summed E-state index contributed by atoms with van der Waals surface area (Å²) in [4.78, 5) is 27.8. The first-order valence-corrected chi connectivity index (χ1v) is 11.0. The van der Waals surface area contributed by atoms with Crippen molar-refractivity contribution in [3.63, 3.8) is 0 Å². The highest BCUT2D eigenvalue weighted by atomic mass is 35.5. The molecule has 9 heteroatoms. The molecule has 0 bridgehead atoms. The van der Waals surface area contributed by atoms with Crippen molar-refractivity contribution >= 4 is 46.1 Å². The fourth-order valence-electron chi connectivity index (χ4n) is 2.89. The van der Waals surface area contributed by atoms with Crippen LogP contribution < -0.4 is 10.6 Å². The van der Waals surface area contributed by atoms with E-state index >= 15 is 0 Å². The van der Waals surface area contributed by atoms with Crippen LogP contribution in [0.1, 0.15) is 33.9 Å². The normalized spacial score (nSPS) is 10.9. The molecule has 0 atom stereocenters. The molecular weight excluding hydrogens is 422 g/mol. The molecule has 0 unspecified atom stereocenters. The van der Waals surface area contributed by atoms with Crippen molar-refractivity contribution in [3.8, 4) is 0 Å². The van der Waals surface area contributed by atoms with E-state index < -0.39 is 0 Å². The maximum Gasteiger partial charge on any atom is 0.265 e. The Kier molecular flexibility index (Phi) is 7.62. The molecule has 1 aromatic carbocycles. The predicted molar refractivity (Wildman–Crippen MR) is 122 cm³/mol. The van der Waals surface area contributed by atoms with Crippen molar-refractivity contribution in [1.82, 2.24) is 14.7 Å². The number of rotatable bonds is 9. The van der Waals surface area contributed by atoms with Crippen molar-refractivity contribution in [3.05, 3.63) is 63.6 Å². The standard InChI is InChI=1S/C21H24ClN5O2S/c1-3-26(4-2)9-10-27-14-16(13-23-27)24-20(28)15-7-8-17(22)18(12-15)25-21(29)19-6-5-11-30-19/h5-8,11-14H,3-4,9-10H2,1-2H3,(H,24,28)(H,25,29). The summed E-state index contributed by atoms with van der Waals surface area (Å²) in [6, 6.07) is 8.29. The SMILES string of the molecule is CCN(CC)CCn1cc(NC(=O)c2ccc(Cl)c(NC(=O)c3cccs3)c2)cn1. The van der Waals surface area contributed by atoms with Gasteiger partial charge in [-0.3, -0.25) is 14.3 Å². The molecule has 7 nitrogen and oxygen atoms in total. The van der Waals surface area contributed by atoms with E-state index in [9.17, 15) is 9.59 Å². The van der Waals surface area contributed by atoms with Gasteiger partial charge in [0.05, 0.1) is 34.0 Å². The molecule has 0 radical (unpaired) electrons. The number of aromatic nitrogens is 2. The van der Waals surface area contributed by atoms with Crippen molar-refractivity contribution in [2.24, 2.45) is 0 Å². The Bertz CT molecular complexity index is 999. The van der Waals surface area contributed by atoms with Gasteiger partial charge >= 0.3 is 0 Å². The van der Waals surface area contributed by atoms with Gasteiger partial charge in [0.2, 0.25) is 0 Å². The number of nitrogens with zero attached hydrogens (tertiary/aromatic N) is 3. The van der Waals surface area contributed by atoms with Gasteiger partial charge in [-0.05, 0) is 42.7 Å². The smallest absolute Gasteiger partial charge is 0.265 e. The van der Waals surface area contributed by atoms with Crippen LogP contribution in [0.5, 0.6) is 0 Å². The molecule has 0 spiro atoms. The maximum atomic E-state index is 12.6. The summed E-state index contributed by atoms with van der Waals surface area (Å²) in [6.07, 6.45) is 3.42. The molecule has 158 valence electrons. The minimum atomic E-state index is -0.304. The van der Waals surface area contributed by atoms with Crippen LogP contribution in [-0.2, 0) is 6.54 Å². The van der Waals surface area contributed by atoms with Gasteiger partial charge in [0.25, 0.3) is 11.8 Å². The van der Waals surface area contributed by atoms with Crippen LogP contribution in [0.15, 0.2) is 48.1 Å². The second-order valence-corrected chi connectivity index (χ2v) is 7.95. The fraction of sp³-hybridized carbons (Fsp3) is 0.286. The van der Waals surface area contributed by atoms with E-state index in [1.165, 1.54) is 11.3 Å². The Morgan fingerprint density at radius 3 is 2.67 bits per heavy atom. The van der Waals surface area contributed by atoms with Crippen LogP contribution in [0.2, 0.25) is 5.02 Å². The fourth-order valence-corrected chi connectivity index (χ4v) is 3.68. The van der Waals surface area contributed by atoms with E-state index in [4.69, 9.17) is 11.6 Å². The quantitative estimate of drug-likeness (QED) is 0.510. The minimum absolute atomic E-state index is 0.265. The molecule has 0 saturated carbocycles. The third kappa shape index (κ3) is 5.69. The minimum Gasteiger partial charge on any atom is -0.320 e. The first-order chi connectivity index (χ1) is 14.5. The van der Waals surface area contributed by atoms with Crippen molar-refractivity contribution < 1.29 is 9.59 Å². The summed E-state index contributed by atoms with van der Waals surface area (Å²) in [6.45, 7) is 7.87. The molecule has 0 aliphatic carbocycles. The molecule has 0 saturated heterocycles. The van der Waals surface area contributed by atoms with Crippen molar-refractivity contribution in [1.29, 1.82) is 0 Å². The first-order valence-electron chi connectivity index (χ1n) is 9.70. The van der Waals surface area contributed by atoms with Gasteiger partial charge in [-0.2, -0.15) is 5.10 Å². The molecule has 2 amide bonds. The molecule has 0 fully saturated rings. The average Bonchev–Trinajstić information content (AvgIpc) is 3.42. The Balaban J connectivity index is 1.64. The van der Waals surface area contributed by atoms with Crippen LogP contribution in [0.3, 0.4) is 0 Å². The van der Waals surface area contributed by atoms with E-state index in [-0.39, 0.29) is 11.8 Å². The maximum absolute atomic E-state index is 12.6. The number of hydrogen-bond donors (Lipinski definition) is 2. The third-order valence-corrected chi connectivity index (χ3v) is 5.85. The number of carbonyl (C=O) groups excluding carboxylic acids is 2. The highest BCUT2D eigenvalue weighted by Gasteiger charge is 2.14. The van der Waals surface area contributed by atoms with Crippen molar-refractivity contribution in [2.45, 2.75) is 20.4 Å². The molecule has 3 rings (SSSR count). The van der Waals surface area contributed by atoms with Gasteiger partial charge < -0.3 is 15.5 Å². The predicted octanol–water partition coefficient (Wildman–Crippen LogP) is 4.44. The molecule has 3 aromatic rings. The van der Waals surface area contributed by atoms with E-state index in [0.717, 1.165) is 26.2 Å². The molecule has 2 N–H and O–H groups in total. The monoisotopic (exact) mass is 445 g/mol. The zero-order valence-electron chi connectivity index (χ0n) is 16.9. The number of carbonyl (C=O) groups is 2. The topological polar surface area (TPSA) is 79.3 Å². The Hall–Kier alpha value is -2.68. The van der Waals surface area contributed by atoms with Gasteiger partial charge in [0.15, 0.2) is 0 Å². The van der Waals surface area contributed by atoms with Crippen LogP contribution in [0.25, 0.3) is 0 Å². The van der Waals surface area contributed by atoms with E-state index in [0.29, 0.717) is 26.8 Å². The first kappa shape index (κ1) is 22.0. The van der Waals surface area contributed by atoms with Gasteiger partial charge in [0.1, 0.15) is 0 Å². The van der Waals surface area contributed by atoms with Crippen LogP contribution in [0, 0.1) is 0 Å². The number of anilines is 2. The lowest BCUT2D eigenvalue weighted by molar-refractivity contribution is 0.101. The molecule has 0 aliphatic heterocycles. The molecular formula is C21H24ClN5O2S. The zero-order valence-corrected chi connectivity index (χ0v) is 18.5. The van der Waals surface area contributed by atoms with Gasteiger partial charge in [0, 0.05) is 18.3 Å². The summed E-state index contributed by atoms with van der Waals surface area (Å²) in [7, 11) is 0. The molecule has 30 heavy (non-hydrogen) atoms. The lowest BCUT2D eigenvalue weighted by Gasteiger charge is -2.17. The highest BCUT2D eigenvalue weighted by molar-refractivity contribution is 7.12. The number of hydrogen-bond acceptors (Lipinski definition) is 5. The number of amides is 2. The molecule has 0 aliphatic rings. The van der Waals surface area contributed by atoms with Gasteiger partial charge in [-0.15, -0.1) is 11.3 Å². The van der Waals surface area contributed by atoms with E-state index in [1.807, 2.05) is 10.1 Å². The third-order valence-electron chi connectivity index (χ3n) is 4.65. The Morgan fingerprint density at radius 2 is 1.97 bits per heavy atom. The number of thiophene rings is 1. The Labute approximate surface area is 184 Å². The summed E-state index contributed by atoms with van der Waals surface area (Å²) >= 11 is 7.53. The van der Waals surface area contributed by atoms with Crippen molar-refractivity contribution in [2.75, 3.05) is 30.3 Å². The number of benzene rings is 1. The van der Waals surface area contributed by atoms with Gasteiger partial charge in [-0.1, -0.05) is 31.5 Å². The van der Waals surface area contributed by atoms with Crippen LogP contribution >= 0.6 is 22.9 Å².